The number of isocyanates is 1. The number of carbonyl (C=O) groups excluding carboxylic acids is 1. The first-order chi connectivity index (χ1) is 5.79. The van der Waals surface area contributed by atoms with Gasteiger partial charge in [0.05, 0.1) is 6.20 Å². The summed E-state index contributed by atoms with van der Waals surface area (Å²) in [6.45, 7) is 2.71. The van der Waals surface area contributed by atoms with E-state index in [2.05, 4.69) is 10.1 Å². The van der Waals surface area contributed by atoms with Gasteiger partial charge in [-0.2, -0.15) is 5.10 Å². The molecule has 0 atom stereocenters. The number of rotatable bonds is 3. The van der Waals surface area contributed by atoms with Gasteiger partial charge in [-0.05, 0) is 6.42 Å². The van der Waals surface area contributed by atoms with Crippen LogP contribution in [-0.4, -0.2) is 15.9 Å². The lowest BCUT2D eigenvalue weighted by Crippen LogP contribution is -1.97. The van der Waals surface area contributed by atoms with E-state index < -0.39 is 0 Å². The van der Waals surface area contributed by atoms with E-state index in [0.717, 1.165) is 6.42 Å². The number of hydrogen-bond acceptors (Lipinski definition) is 3. The molecule has 12 heavy (non-hydrogen) atoms. The van der Waals surface area contributed by atoms with Crippen molar-refractivity contribution in [3.05, 3.63) is 11.2 Å². The molecule has 64 valence electrons. The maximum absolute atomic E-state index is 9.99. The van der Waals surface area contributed by atoms with Crippen LogP contribution in [0.4, 0.5) is 5.82 Å². The van der Waals surface area contributed by atoms with Gasteiger partial charge in [0, 0.05) is 6.54 Å². The van der Waals surface area contributed by atoms with E-state index in [9.17, 15) is 4.79 Å². The van der Waals surface area contributed by atoms with Crippen molar-refractivity contribution in [1.82, 2.24) is 9.78 Å². The zero-order valence-corrected chi connectivity index (χ0v) is 7.38. The van der Waals surface area contributed by atoms with E-state index >= 15 is 0 Å². The van der Waals surface area contributed by atoms with Crippen LogP contribution in [0.5, 0.6) is 0 Å². The SMILES string of the molecule is CCCn1ncc(Cl)c1N=C=O. The first-order valence-electron chi connectivity index (χ1n) is 3.58. The molecule has 0 aliphatic heterocycles. The molecular weight excluding hydrogens is 178 g/mol. The standard InChI is InChI=1S/C7H8ClN3O/c1-2-3-11-7(9-5-12)6(8)4-10-11/h4H,2-3H2,1H3. The average molecular weight is 186 g/mol. The van der Waals surface area contributed by atoms with Gasteiger partial charge in [-0.25, -0.2) is 9.48 Å². The highest BCUT2D eigenvalue weighted by Gasteiger charge is 2.05. The number of nitrogens with zero attached hydrogens (tertiary/aromatic N) is 3. The Labute approximate surface area is 74.9 Å². The van der Waals surface area contributed by atoms with Crippen molar-refractivity contribution in [2.24, 2.45) is 4.99 Å². The maximum Gasteiger partial charge on any atom is 0.242 e. The van der Waals surface area contributed by atoms with E-state index in [1.54, 1.807) is 4.68 Å². The van der Waals surface area contributed by atoms with Crippen LogP contribution in [0.25, 0.3) is 0 Å². The van der Waals surface area contributed by atoms with Crippen molar-refractivity contribution in [2.45, 2.75) is 19.9 Å². The molecule has 0 saturated carbocycles. The quantitative estimate of drug-likeness (QED) is 0.534. The summed E-state index contributed by atoms with van der Waals surface area (Å²) >= 11 is 5.70. The molecule has 0 aliphatic rings. The minimum Gasteiger partial charge on any atom is -0.246 e. The molecule has 1 aromatic heterocycles. The Morgan fingerprint density at radius 3 is 3.17 bits per heavy atom. The lowest BCUT2D eigenvalue weighted by atomic mass is 10.5. The van der Waals surface area contributed by atoms with Crippen LogP contribution >= 0.6 is 11.6 Å². The summed E-state index contributed by atoms with van der Waals surface area (Å²) < 4.78 is 1.58. The summed E-state index contributed by atoms with van der Waals surface area (Å²) in [5.74, 6) is 0.383. The molecule has 1 heterocycles. The fourth-order valence-corrected chi connectivity index (χ4v) is 1.07. The van der Waals surface area contributed by atoms with Crippen LogP contribution < -0.4 is 0 Å². The van der Waals surface area contributed by atoms with Gasteiger partial charge in [-0.1, -0.05) is 18.5 Å². The Bertz CT molecular complexity index is 314. The molecule has 0 aliphatic carbocycles. The highest BCUT2D eigenvalue weighted by Crippen LogP contribution is 2.23. The van der Waals surface area contributed by atoms with Gasteiger partial charge < -0.3 is 0 Å². The highest BCUT2D eigenvalue weighted by molar-refractivity contribution is 6.32. The third-order valence-corrected chi connectivity index (χ3v) is 1.62. The molecule has 0 radical (unpaired) electrons. The van der Waals surface area contributed by atoms with Gasteiger partial charge in [0.2, 0.25) is 6.08 Å². The van der Waals surface area contributed by atoms with Gasteiger partial charge in [-0.3, -0.25) is 0 Å². The van der Waals surface area contributed by atoms with Gasteiger partial charge in [0.25, 0.3) is 0 Å². The van der Waals surface area contributed by atoms with E-state index in [0.29, 0.717) is 17.4 Å². The topological polar surface area (TPSA) is 47.2 Å². The summed E-state index contributed by atoms with van der Waals surface area (Å²) in [5.41, 5.74) is 0. The van der Waals surface area contributed by atoms with E-state index in [1.807, 2.05) is 6.92 Å². The Balaban J connectivity index is 3.03. The molecule has 5 heteroatoms. The normalized spacial score (nSPS) is 9.50. The first kappa shape index (κ1) is 8.97. The number of aliphatic imine (C=N–C) groups is 1. The van der Waals surface area contributed by atoms with E-state index in [-0.39, 0.29) is 0 Å². The zero-order chi connectivity index (χ0) is 8.97. The van der Waals surface area contributed by atoms with Crippen molar-refractivity contribution in [3.8, 4) is 0 Å². The smallest absolute Gasteiger partial charge is 0.242 e. The number of halogens is 1. The Morgan fingerprint density at radius 1 is 1.83 bits per heavy atom. The predicted octanol–water partition coefficient (Wildman–Crippen LogP) is 1.91. The minimum atomic E-state index is 0.381. The molecule has 1 aromatic rings. The van der Waals surface area contributed by atoms with Crippen molar-refractivity contribution in [1.29, 1.82) is 0 Å². The predicted molar refractivity (Wildman–Crippen MR) is 45.3 cm³/mol. The lowest BCUT2D eigenvalue weighted by molar-refractivity contribution is 0.562. The monoisotopic (exact) mass is 185 g/mol. The van der Waals surface area contributed by atoms with E-state index in [4.69, 9.17) is 11.6 Å². The van der Waals surface area contributed by atoms with Crippen LogP contribution in [0.15, 0.2) is 11.2 Å². The lowest BCUT2D eigenvalue weighted by Gasteiger charge is -1.98. The van der Waals surface area contributed by atoms with Crippen molar-refractivity contribution in [2.75, 3.05) is 0 Å². The molecule has 0 aromatic carbocycles. The summed E-state index contributed by atoms with van der Waals surface area (Å²) in [6.07, 6.45) is 3.82. The number of aryl methyl sites for hydroxylation is 1. The molecule has 0 bridgehead atoms. The summed E-state index contributed by atoms with van der Waals surface area (Å²) in [7, 11) is 0. The van der Waals surface area contributed by atoms with Crippen LogP contribution in [0.3, 0.4) is 0 Å². The molecule has 0 saturated heterocycles. The van der Waals surface area contributed by atoms with Crippen molar-refractivity contribution >= 4 is 23.5 Å². The van der Waals surface area contributed by atoms with Gasteiger partial charge in [0.1, 0.15) is 5.02 Å². The van der Waals surface area contributed by atoms with Gasteiger partial charge >= 0.3 is 0 Å². The fourth-order valence-electron chi connectivity index (χ4n) is 0.886. The summed E-state index contributed by atoms with van der Waals surface area (Å²) in [5, 5.41) is 4.32. The summed E-state index contributed by atoms with van der Waals surface area (Å²) in [4.78, 5) is 13.4. The highest BCUT2D eigenvalue weighted by atomic mass is 35.5. The number of aromatic nitrogens is 2. The molecular formula is C7H8ClN3O. The molecule has 1 rings (SSSR count). The largest absolute Gasteiger partial charge is 0.246 e. The Kier molecular flexibility index (Phi) is 3.02. The van der Waals surface area contributed by atoms with Gasteiger partial charge in [-0.15, -0.1) is 4.99 Å². The van der Waals surface area contributed by atoms with Crippen LogP contribution in [0, 0.1) is 0 Å². The average Bonchev–Trinajstić information content (AvgIpc) is 2.37. The Hall–Kier alpha value is -1.12. The van der Waals surface area contributed by atoms with Crippen LogP contribution in [0.2, 0.25) is 5.02 Å². The molecule has 0 fully saturated rings. The molecule has 0 amide bonds. The zero-order valence-electron chi connectivity index (χ0n) is 6.62. The fraction of sp³-hybridized carbons (Fsp3) is 0.429. The van der Waals surface area contributed by atoms with E-state index in [1.165, 1.54) is 12.3 Å². The second-order valence-electron chi connectivity index (χ2n) is 2.24. The maximum atomic E-state index is 9.99. The van der Waals surface area contributed by atoms with Crippen LogP contribution in [-0.2, 0) is 11.3 Å². The number of hydrogen-bond donors (Lipinski definition) is 0. The van der Waals surface area contributed by atoms with Gasteiger partial charge in [0.15, 0.2) is 5.82 Å². The van der Waals surface area contributed by atoms with Crippen molar-refractivity contribution < 1.29 is 4.79 Å². The molecule has 0 spiro atoms. The Morgan fingerprint density at radius 2 is 2.58 bits per heavy atom. The van der Waals surface area contributed by atoms with Crippen molar-refractivity contribution in [3.63, 3.8) is 0 Å². The van der Waals surface area contributed by atoms with Crippen LogP contribution in [0.1, 0.15) is 13.3 Å². The molecule has 0 N–H and O–H groups in total. The second kappa shape index (κ2) is 4.04. The third kappa shape index (κ3) is 1.72. The third-order valence-electron chi connectivity index (χ3n) is 1.36. The first-order valence-corrected chi connectivity index (χ1v) is 3.96. The summed E-state index contributed by atoms with van der Waals surface area (Å²) in [6, 6.07) is 0. The molecule has 0 unspecified atom stereocenters. The minimum absolute atomic E-state index is 0.381. The second-order valence-corrected chi connectivity index (χ2v) is 2.65. The molecule has 4 nitrogen and oxygen atoms in total.